The fraction of sp³-hybridized carbons (Fsp3) is 0.444. The summed E-state index contributed by atoms with van der Waals surface area (Å²) in [4.78, 5) is 11.7. The molecule has 0 atom stereocenters. The van der Waals surface area contributed by atoms with E-state index in [-0.39, 0.29) is 18.3 Å². The van der Waals surface area contributed by atoms with Crippen LogP contribution in [0.5, 0.6) is 0 Å². The van der Waals surface area contributed by atoms with Crippen LogP contribution in [0.25, 0.3) is 0 Å². The Bertz CT molecular complexity index is 346. The first-order valence-corrected chi connectivity index (χ1v) is 6.93. The Balaban J connectivity index is 0.00000225. The predicted octanol–water partition coefficient (Wildman–Crippen LogP) is 3.03. The fourth-order valence-corrected chi connectivity index (χ4v) is 3.85. The zero-order chi connectivity index (χ0) is 11.3. The van der Waals surface area contributed by atoms with Gasteiger partial charge in [0.2, 0.25) is 0 Å². The zero-order valence-electron chi connectivity index (χ0n) is 8.68. The lowest BCUT2D eigenvalue weighted by molar-refractivity contribution is 0.0953. The van der Waals surface area contributed by atoms with Gasteiger partial charge in [-0.3, -0.25) is 4.79 Å². The van der Waals surface area contributed by atoms with Gasteiger partial charge < -0.3 is 10.6 Å². The second-order valence-corrected chi connectivity index (χ2v) is 6.70. The van der Waals surface area contributed by atoms with Crippen molar-refractivity contribution < 1.29 is 4.79 Å². The number of hydrogen-bond donors (Lipinski definition) is 2. The van der Waals surface area contributed by atoms with Crippen LogP contribution in [0.3, 0.4) is 0 Å². The van der Waals surface area contributed by atoms with Crippen molar-refractivity contribution in [3.63, 3.8) is 0 Å². The minimum atomic E-state index is -0.0278. The fourth-order valence-electron chi connectivity index (χ4n) is 1.06. The Morgan fingerprint density at radius 1 is 1.44 bits per heavy atom. The van der Waals surface area contributed by atoms with E-state index in [9.17, 15) is 4.79 Å². The van der Waals surface area contributed by atoms with Crippen molar-refractivity contribution in [2.24, 2.45) is 0 Å². The second-order valence-electron chi connectivity index (χ2n) is 2.95. The molecular formula is C9H13Br2ClN2OS. The van der Waals surface area contributed by atoms with Crippen molar-refractivity contribution in [2.75, 3.05) is 20.1 Å². The molecule has 0 fully saturated rings. The van der Waals surface area contributed by atoms with Gasteiger partial charge in [-0.05, 0) is 57.9 Å². The summed E-state index contributed by atoms with van der Waals surface area (Å²) < 4.78 is 1.82. The van der Waals surface area contributed by atoms with Gasteiger partial charge in [0.05, 0.1) is 13.1 Å². The van der Waals surface area contributed by atoms with Crippen LogP contribution in [0.15, 0.2) is 13.6 Å². The largest absolute Gasteiger partial charge is 0.352 e. The van der Waals surface area contributed by atoms with Gasteiger partial charge in [-0.25, -0.2) is 0 Å². The average molecular weight is 393 g/mol. The maximum absolute atomic E-state index is 11.7. The van der Waals surface area contributed by atoms with Crippen molar-refractivity contribution >= 4 is 61.5 Å². The van der Waals surface area contributed by atoms with Crippen LogP contribution in [0.2, 0.25) is 0 Å². The number of nitrogens with one attached hydrogen (secondary N) is 2. The molecule has 1 aromatic rings. The van der Waals surface area contributed by atoms with Crippen LogP contribution in [0.1, 0.15) is 16.8 Å². The number of thiophene rings is 1. The summed E-state index contributed by atoms with van der Waals surface area (Å²) in [6.07, 6.45) is 0.936. The molecule has 0 aliphatic rings. The molecule has 0 saturated carbocycles. The van der Waals surface area contributed by atoms with E-state index in [2.05, 4.69) is 42.5 Å². The standard InChI is InChI=1S/C9H12Br2N2OS.ClH/c1-12-3-2-4-13-9(14)6-5-7(10)15-8(6)11;/h5,12H,2-4H2,1H3,(H,13,14);1H. The maximum Gasteiger partial charge on any atom is 0.253 e. The lowest BCUT2D eigenvalue weighted by atomic mass is 10.3. The first-order chi connectivity index (χ1) is 7.15. The van der Waals surface area contributed by atoms with Gasteiger partial charge in [-0.2, -0.15) is 0 Å². The lowest BCUT2D eigenvalue weighted by Crippen LogP contribution is -2.26. The molecule has 1 aromatic heterocycles. The molecule has 0 aromatic carbocycles. The molecule has 92 valence electrons. The molecule has 1 heterocycles. The van der Waals surface area contributed by atoms with Crippen molar-refractivity contribution in [3.05, 3.63) is 19.2 Å². The number of halogens is 3. The number of carbonyl (C=O) groups excluding carboxylic acids is 1. The van der Waals surface area contributed by atoms with Gasteiger partial charge in [0, 0.05) is 6.54 Å². The van der Waals surface area contributed by atoms with E-state index in [0.717, 1.165) is 20.5 Å². The molecule has 7 heteroatoms. The normalized spacial score (nSPS) is 9.69. The molecule has 0 bridgehead atoms. The van der Waals surface area contributed by atoms with Gasteiger partial charge in [0.1, 0.15) is 0 Å². The number of amides is 1. The molecule has 0 radical (unpaired) electrons. The second kappa shape index (κ2) is 8.47. The summed E-state index contributed by atoms with van der Waals surface area (Å²) >= 11 is 8.20. The van der Waals surface area contributed by atoms with Crippen LogP contribution >= 0.6 is 55.6 Å². The van der Waals surface area contributed by atoms with E-state index in [0.29, 0.717) is 12.1 Å². The number of hydrogen-bond acceptors (Lipinski definition) is 3. The zero-order valence-corrected chi connectivity index (χ0v) is 13.5. The quantitative estimate of drug-likeness (QED) is 0.757. The molecule has 0 aliphatic carbocycles. The van der Waals surface area contributed by atoms with Crippen LogP contribution in [0.4, 0.5) is 0 Å². The molecule has 0 unspecified atom stereocenters. The van der Waals surface area contributed by atoms with Crippen LogP contribution in [-0.2, 0) is 0 Å². The predicted molar refractivity (Wildman–Crippen MR) is 77.8 cm³/mol. The van der Waals surface area contributed by atoms with Crippen molar-refractivity contribution in [1.29, 1.82) is 0 Å². The molecule has 2 N–H and O–H groups in total. The molecule has 0 aliphatic heterocycles. The van der Waals surface area contributed by atoms with E-state index in [4.69, 9.17) is 0 Å². The summed E-state index contributed by atoms with van der Waals surface area (Å²) in [5.41, 5.74) is 0.691. The van der Waals surface area contributed by atoms with Gasteiger partial charge in [0.25, 0.3) is 5.91 Å². The molecule has 1 amide bonds. The minimum absolute atomic E-state index is 0. The molecule has 0 saturated heterocycles. The van der Waals surface area contributed by atoms with Crippen LogP contribution < -0.4 is 10.6 Å². The van der Waals surface area contributed by atoms with Crippen molar-refractivity contribution in [3.8, 4) is 0 Å². The highest BCUT2D eigenvalue weighted by molar-refractivity contribution is 9.12. The van der Waals surface area contributed by atoms with Gasteiger partial charge in [-0.1, -0.05) is 0 Å². The number of rotatable bonds is 5. The molecule has 3 nitrogen and oxygen atoms in total. The summed E-state index contributed by atoms with van der Waals surface area (Å²) in [6, 6.07) is 1.82. The SMILES string of the molecule is CNCCCNC(=O)c1cc(Br)sc1Br.Cl. The first-order valence-electron chi connectivity index (χ1n) is 4.52. The Hall–Kier alpha value is 0.380. The smallest absolute Gasteiger partial charge is 0.253 e. The third-order valence-electron chi connectivity index (χ3n) is 1.79. The van der Waals surface area contributed by atoms with E-state index < -0.39 is 0 Å². The Morgan fingerprint density at radius 3 is 2.62 bits per heavy atom. The van der Waals surface area contributed by atoms with E-state index in [1.165, 1.54) is 11.3 Å². The molecule has 1 rings (SSSR count). The average Bonchev–Trinajstić information content (AvgIpc) is 2.52. The van der Waals surface area contributed by atoms with Gasteiger partial charge in [-0.15, -0.1) is 23.7 Å². The summed E-state index contributed by atoms with van der Waals surface area (Å²) in [6.45, 7) is 1.61. The highest BCUT2D eigenvalue weighted by atomic mass is 79.9. The Morgan fingerprint density at radius 2 is 2.12 bits per heavy atom. The summed E-state index contributed by atoms with van der Waals surface area (Å²) in [5.74, 6) is -0.0278. The summed E-state index contributed by atoms with van der Waals surface area (Å²) in [5, 5.41) is 5.90. The van der Waals surface area contributed by atoms with Crippen LogP contribution in [-0.4, -0.2) is 26.0 Å². The summed E-state index contributed by atoms with van der Waals surface area (Å²) in [7, 11) is 1.90. The highest BCUT2D eigenvalue weighted by Crippen LogP contribution is 2.31. The monoisotopic (exact) mass is 390 g/mol. The highest BCUT2D eigenvalue weighted by Gasteiger charge is 2.12. The maximum atomic E-state index is 11.7. The Kier molecular flexibility index (Phi) is 8.67. The molecule has 0 spiro atoms. The van der Waals surface area contributed by atoms with E-state index >= 15 is 0 Å². The minimum Gasteiger partial charge on any atom is -0.352 e. The number of carbonyl (C=O) groups is 1. The van der Waals surface area contributed by atoms with Crippen molar-refractivity contribution in [2.45, 2.75) is 6.42 Å². The Labute approximate surface area is 122 Å². The lowest BCUT2D eigenvalue weighted by Gasteiger charge is -2.03. The van der Waals surface area contributed by atoms with E-state index in [1.807, 2.05) is 13.1 Å². The third-order valence-corrected chi connectivity index (χ3v) is 4.13. The van der Waals surface area contributed by atoms with Gasteiger partial charge in [0.15, 0.2) is 0 Å². The third kappa shape index (κ3) is 5.14. The van der Waals surface area contributed by atoms with E-state index in [1.54, 1.807) is 0 Å². The molecule has 16 heavy (non-hydrogen) atoms. The van der Waals surface area contributed by atoms with Crippen molar-refractivity contribution in [1.82, 2.24) is 10.6 Å². The molecular weight excluding hydrogens is 379 g/mol. The first kappa shape index (κ1) is 16.4. The van der Waals surface area contributed by atoms with Crippen LogP contribution in [0, 0.1) is 0 Å². The van der Waals surface area contributed by atoms with Gasteiger partial charge >= 0.3 is 0 Å². The topological polar surface area (TPSA) is 41.1 Å².